The Labute approximate surface area is 122 Å². The molecule has 1 rings (SSSR count). The fourth-order valence-electron chi connectivity index (χ4n) is 2.12. The number of rotatable bonds is 10. The normalized spacial score (nSPS) is 12.2. The number of benzene rings is 1. The van der Waals surface area contributed by atoms with Crippen molar-refractivity contribution in [3.63, 3.8) is 0 Å². The Balaban J connectivity index is 2.59. The van der Waals surface area contributed by atoms with Crippen molar-refractivity contribution < 1.29 is 14.6 Å². The van der Waals surface area contributed by atoms with Crippen molar-refractivity contribution in [3.8, 4) is 11.5 Å². The maximum absolute atomic E-state index is 9.45. The van der Waals surface area contributed by atoms with Crippen LogP contribution in [0.4, 0.5) is 0 Å². The van der Waals surface area contributed by atoms with Crippen LogP contribution in [0.5, 0.6) is 11.5 Å². The zero-order valence-corrected chi connectivity index (χ0v) is 13.0. The van der Waals surface area contributed by atoms with Gasteiger partial charge in [0.2, 0.25) is 0 Å². The van der Waals surface area contributed by atoms with Gasteiger partial charge in [-0.2, -0.15) is 0 Å². The van der Waals surface area contributed by atoms with Gasteiger partial charge < -0.3 is 14.6 Å². The quantitative estimate of drug-likeness (QED) is 0.659. The molecule has 1 N–H and O–H groups in total. The molecule has 0 radical (unpaired) electrons. The van der Waals surface area contributed by atoms with Gasteiger partial charge in [0.15, 0.2) is 11.5 Å². The van der Waals surface area contributed by atoms with Crippen molar-refractivity contribution in [2.24, 2.45) is 0 Å². The van der Waals surface area contributed by atoms with E-state index in [0.29, 0.717) is 13.0 Å². The monoisotopic (exact) mass is 280 g/mol. The first kappa shape index (κ1) is 16.8. The molecule has 0 amide bonds. The first-order valence-electron chi connectivity index (χ1n) is 7.74. The highest BCUT2D eigenvalue weighted by molar-refractivity contribution is 5.43. The second kappa shape index (κ2) is 9.65. The van der Waals surface area contributed by atoms with Gasteiger partial charge in [-0.15, -0.1) is 0 Å². The molecule has 1 unspecified atom stereocenters. The van der Waals surface area contributed by atoms with Crippen LogP contribution in [0.25, 0.3) is 0 Å². The van der Waals surface area contributed by atoms with E-state index in [2.05, 4.69) is 6.92 Å². The Morgan fingerprint density at radius 1 is 1.05 bits per heavy atom. The predicted octanol–water partition coefficient (Wildman–Crippen LogP) is 3.97. The number of aliphatic hydroxyl groups excluding tert-OH is 1. The van der Waals surface area contributed by atoms with Gasteiger partial charge in [0.1, 0.15) is 0 Å². The van der Waals surface area contributed by atoms with Gasteiger partial charge in [-0.05, 0) is 44.4 Å². The Hall–Kier alpha value is -1.22. The number of unbranched alkanes of at least 4 members (excludes halogenated alkanes) is 3. The summed E-state index contributed by atoms with van der Waals surface area (Å²) in [6.07, 6.45) is 5.07. The average Bonchev–Trinajstić information content (AvgIpc) is 2.40. The van der Waals surface area contributed by atoms with E-state index in [-0.39, 0.29) is 6.10 Å². The van der Waals surface area contributed by atoms with Crippen molar-refractivity contribution in [1.29, 1.82) is 0 Å². The summed E-state index contributed by atoms with van der Waals surface area (Å²) in [7, 11) is 0. The van der Waals surface area contributed by atoms with Crippen LogP contribution >= 0.6 is 0 Å². The fraction of sp³-hybridized carbons (Fsp3) is 0.647. The Morgan fingerprint density at radius 3 is 2.50 bits per heavy atom. The Morgan fingerprint density at radius 2 is 1.85 bits per heavy atom. The first-order valence-corrected chi connectivity index (χ1v) is 7.74. The second-order valence-electron chi connectivity index (χ2n) is 5.18. The molecule has 1 aromatic carbocycles. The Bertz CT molecular complexity index is 374. The summed E-state index contributed by atoms with van der Waals surface area (Å²) in [5.74, 6) is 1.58. The minimum atomic E-state index is -0.342. The summed E-state index contributed by atoms with van der Waals surface area (Å²) in [6, 6.07) is 5.91. The van der Waals surface area contributed by atoms with E-state index in [1.165, 1.54) is 19.3 Å². The lowest BCUT2D eigenvalue weighted by Gasteiger charge is -2.14. The number of hydrogen-bond acceptors (Lipinski definition) is 3. The van der Waals surface area contributed by atoms with Crippen LogP contribution in [-0.2, 0) is 6.42 Å². The lowest BCUT2D eigenvalue weighted by molar-refractivity contribution is 0.195. The summed E-state index contributed by atoms with van der Waals surface area (Å²) in [4.78, 5) is 0. The number of aliphatic hydroxyl groups is 1. The number of hydrogen-bond donors (Lipinski definition) is 1. The van der Waals surface area contributed by atoms with Crippen LogP contribution < -0.4 is 9.47 Å². The molecule has 114 valence electrons. The van der Waals surface area contributed by atoms with Gasteiger partial charge in [0.05, 0.1) is 19.3 Å². The van der Waals surface area contributed by atoms with Crippen molar-refractivity contribution in [1.82, 2.24) is 0 Å². The molecule has 0 aliphatic carbocycles. The maximum atomic E-state index is 9.45. The van der Waals surface area contributed by atoms with E-state index in [4.69, 9.17) is 9.47 Å². The molecule has 0 aliphatic rings. The van der Waals surface area contributed by atoms with Gasteiger partial charge >= 0.3 is 0 Å². The maximum Gasteiger partial charge on any atom is 0.161 e. The van der Waals surface area contributed by atoms with E-state index in [1.807, 2.05) is 25.1 Å². The standard InChI is InChI=1S/C17H28O3/c1-4-6-7-8-11-20-16-10-9-15(12-14(3)18)13-17(16)19-5-2/h9-10,13-14,18H,4-8,11-12H2,1-3H3. The average molecular weight is 280 g/mol. The third kappa shape index (κ3) is 6.29. The van der Waals surface area contributed by atoms with Gasteiger partial charge in [0, 0.05) is 0 Å². The summed E-state index contributed by atoms with van der Waals surface area (Å²) in [5, 5.41) is 9.45. The molecule has 1 atom stereocenters. The summed E-state index contributed by atoms with van der Waals surface area (Å²) in [6.45, 7) is 7.31. The van der Waals surface area contributed by atoms with Crippen LogP contribution in [0.1, 0.15) is 52.0 Å². The summed E-state index contributed by atoms with van der Waals surface area (Å²) in [5.41, 5.74) is 1.07. The summed E-state index contributed by atoms with van der Waals surface area (Å²) < 4.78 is 11.4. The van der Waals surface area contributed by atoms with E-state index in [0.717, 1.165) is 30.1 Å². The molecule has 1 aromatic rings. The fourth-order valence-corrected chi connectivity index (χ4v) is 2.12. The van der Waals surface area contributed by atoms with Crippen LogP contribution in [0.2, 0.25) is 0 Å². The SMILES string of the molecule is CCCCCCOc1ccc(CC(C)O)cc1OCC. The van der Waals surface area contributed by atoms with E-state index < -0.39 is 0 Å². The predicted molar refractivity (Wildman–Crippen MR) is 82.6 cm³/mol. The van der Waals surface area contributed by atoms with E-state index in [9.17, 15) is 5.11 Å². The minimum Gasteiger partial charge on any atom is -0.490 e. The third-order valence-electron chi connectivity index (χ3n) is 3.09. The molecule has 0 spiro atoms. The first-order chi connectivity index (χ1) is 9.67. The van der Waals surface area contributed by atoms with Crippen LogP contribution in [0.3, 0.4) is 0 Å². The molecule has 0 bridgehead atoms. The van der Waals surface area contributed by atoms with Crippen molar-refractivity contribution >= 4 is 0 Å². The Kier molecular flexibility index (Phi) is 8.12. The highest BCUT2D eigenvalue weighted by Gasteiger charge is 2.08. The van der Waals surface area contributed by atoms with Gasteiger partial charge in [-0.25, -0.2) is 0 Å². The molecule has 20 heavy (non-hydrogen) atoms. The molecular weight excluding hydrogens is 252 g/mol. The third-order valence-corrected chi connectivity index (χ3v) is 3.09. The van der Waals surface area contributed by atoms with Crippen molar-refractivity contribution in [2.75, 3.05) is 13.2 Å². The van der Waals surface area contributed by atoms with Crippen LogP contribution in [-0.4, -0.2) is 24.4 Å². The molecule has 0 aliphatic heterocycles. The molecule has 3 heteroatoms. The molecule has 0 heterocycles. The molecule has 0 saturated carbocycles. The molecule has 0 aromatic heterocycles. The zero-order chi connectivity index (χ0) is 14.8. The van der Waals surface area contributed by atoms with Crippen LogP contribution in [0, 0.1) is 0 Å². The van der Waals surface area contributed by atoms with E-state index in [1.54, 1.807) is 6.92 Å². The topological polar surface area (TPSA) is 38.7 Å². The van der Waals surface area contributed by atoms with Gasteiger partial charge in [-0.3, -0.25) is 0 Å². The van der Waals surface area contributed by atoms with Crippen LogP contribution in [0.15, 0.2) is 18.2 Å². The highest BCUT2D eigenvalue weighted by Crippen LogP contribution is 2.29. The summed E-state index contributed by atoms with van der Waals surface area (Å²) >= 11 is 0. The zero-order valence-electron chi connectivity index (χ0n) is 13.0. The van der Waals surface area contributed by atoms with Gasteiger partial charge in [0.25, 0.3) is 0 Å². The van der Waals surface area contributed by atoms with E-state index >= 15 is 0 Å². The molecule has 0 fully saturated rings. The molecular formula is C17H28O3. The minimum absolute atomic E-state index is 0.342. The van der Waals surface area contributed by atoms with Gasteiger partial charge in [-0.1, -0.05) is 32.3 Å². The van der Waals surface area contributed by atoms with Crippen molar-refractivity contribution in [3.05, 3.63) is 23.8 Å². The highest BCUT2D eigenvalue weighted by atomic mass is 16.5. The second-order valence-corrected chi connectivity index (χ2v) is 5.18. The smallest absolute Gasteiger partial charge is 0.161 e. The number of ether oxygens (including phenoxy) is 2. The lowest BCUT2D eigenvalue weighted by Crippen LogP contribution is -2.06. The molecule has 0 saturated heterocycles. The lowest BCUT2D eigenvalue weighted by atomic mass is 10.1. The largest absolute Gasteiger partial charge is 0.490 e. The van der Waals surface area contributed by atoms with Crippen molar-refractivity contribution in [2.45, 2.75) is 59.0 Å². The molecule has 3 nitrogen and oxygen atoms in total.